The molecule has 0 saturated heterocycles. The molecule has 4 nitrogen and oxygen atoms in total. The van der Waals surface area contributed by atoms with Crippen molar-refractivity contribution in [1.82, 2.24) is 4.98 Å². The van der Waals surface area contributed by atoms with E-state index in [2.05, 4.69) is 4.74 Å². The molecule has 0 radical (unpaired) electrons. The van der Waals surface area contributed by atoms with Gasteiger partial charge in [0.25, 0.3) is 5.56 Å². The first-order valence-corrected chi connectivity index (χ1v) is 5.24. The average Bonchev–Trinajstić information content (AvgIpc) is 2.22. The minimum absolute atomic E-state index is 0.0192. The third-order valence-corrected chi connectivity index (χ3v) is 2.62. The summed E-state index contributed by atoms with van der Waals surface area (Å²) in [5, 5.41) is -0.551. The molecule has 0 atom stereocenters. The third kappa shape index (κ3) is 2.66. The number of pyridine rings is 1. The SMILES string of the molecule is CCOC(=O)c1c(Cl)c(C)c(C(F)(F)F)[nH]c1=O. The Bertz CT molecular complexity index is 536. The lowest BCUT2D eigenvalue weighted by Crippen LogP contribution is -2.26. The molecular weight excluding hydrogens is 275 g/mol. The van der Waals surface area contributed by atoms with Gasteiger partial charge in [-0.05, 0) is 19.4 Å². The van der Waals surface area contributed by atoms with Gasteiger partial charge >= 0.3 is 12.1 Å². The maximum atomic E-state index is 12.5. The second-order valence-corrected chi connectivity index (χ2v) is 3.74. The molecule has 0 aromatic carbocycles. The fourth-order valence-electron chi connectivity index (χ4n) is 1.34. The van der Waals surface area contributed by atoms with E-state index in [0.717, 1.165) is 6.92 Å². The molecule has 1 aromatic rings. The van der Waals surface area contributed by atoms with Gasteiger partial charge in [0, 0.05) is 0 Å². The quantitative estimate of drug-likeness (QED) is 0.849. The van der Waals surface area contributed by atoms with E-state index in [1.807, 2.05) is 0 Å². The summed E-state index contributed by atoms with van der Waals surface area (Å²) in [6.07, 6.45) is -4.75. The van der Waals surface area contributed by atoms with Gasteiger partial charge < -0.3 is 9.72 Å². The molecule has 0 aliphatic carbocycles. The maximum absolute atomic E-state index is 12.5. The van der Waals surface area contributed by atoms with E-state index >= 15 is 0 Å². The highest BCUT2D eigenvalue weighted by Gasteiger charge is 2.36. The Balaban J connectivity index is 3.49. The summed E-state index contributed by atoms with van der Waals surface area (Å²) >= 11 is 5.62. The fourth-order valence-corrected chi connectivity index (χ4v) is 1.59. The number of carbonyl (C=O) groups is 1. The largest absolute Gasteiger partial charge is 0.462 e. The molecule has 1 N–H and O–H groups in total. The number of aromatic amines is 1. The van der Waals surface area contributed by atoms with Gasteiger partial charge in [0.15, 0.2) is 0 Å². The smallest absolute Gasteiger partial charge is 0.431 e. The molecule has 0 spiro atoms. The standard InChI is InChI=1S/C10H9ClF3NO3/c1-3-18-9(17)5-6(11)4(2)7(10(12,13)14)15-8(5)16/h3H2,1-2H3,(H,15,16). The number of aromatic nitrogens is 1. The molecule has 0 saturated carbocycles. The van der Waals surface area contributed by atoms with E-state index < -0.39 is 39.5 Å². The fraction of sp³-hybridized carbons (Fsp3) is 0.400. The summed E-state index contributed by atoms with van der Waals surface area (Å²) in [6.45, 7) is 2.54. The summed E-state index contributed by atoms with van der Waals surface area (Å²) < 4.78 is 42.2. The van der Waals surface area contributed by atoms with Gasteiger partial charge in [-0.25, -0.2) is 4.79 Å². The van der Waals surface area contributed by atoms with Crippen LogP contribution < -0.4 is 5.56 Å². The minimum Gasteiger partial charge on any atom is -0.462 e. The molecule has 1 rings (SSSR count). The highest BCUT2D eigenvalue weighted by atomic mass is 35.5. The first-order chi connectivity index (χ1) is 8.20. The molecule has 1 aromatic heterocycles. The highest BCUT2D eigenvalue weighted by Crippen LogP contribution is 2.33. The van der Waals surface area contributed by atoms with E-state index in [-0.39, 0.29) is 6.61 Å². The van der Waals surface area contributed by atoms with Crippen LogP contribution in [0, 0.1) is 6.92 Å². The molecule has 100 valence electrons. The van der Waals surface area contributed by atoms with Gasteiger partial charge in [-0.2, -0.15) is 13.2 Å². The van der Waals surface area contributed by atoms with Crippen molar-refractivity contribution in [1.29, 1.82) is 0 Å². The zero-order chi connectivity index (χ0) is 14.1. The number of nitrogens with one attached hydrogen (secondary N) is 1. The zero-order valence-corrected chi connectivity index (χ0v) is 10.2. The molecule has 18 heavy (non-hydrogen) atoms. The van der Waals surface area contributed by atoms with Crippen molar-refractivity contribution in [2.24, 2.45) is 0 Å². The van der Waals surface area contributed by atoms with Gasteiger partial charge in [0.2, 0.25) is 0 Å². The lowest BCUT2D eigenvalue weighted by Gasteiger charge is -2.13. The van der Waals surface area contributed by atoms with Crippen LogP contribution in [-0.4, -0.2) is 17.6 Å². The Hall–Kier alpha value is -1.50. The van der Waals surface area contributed by atoms with Crippen LogP contribution in [-0.2, 0) is 10.9 Å². The summed E-state index contributed by atoms with van der Waals surface area (Å²) in [5.74, 6) is -1.06. The van der Waals surface area contributed by atoms with Gasteiger partial charge in [0.1, 0.15) is 11.3 Å². The number of ether oxygens (including phenoxy) is 1. The van der Waals surface area contributed by atoms with Crippen LogP contribution in [0.3, 0.4) is 0 Å². The second kappa shape index (κ2) is 5.01. The van der Waals surface area contributed by atoms with Gasteiger partial charge in [0.05, 0.1) is 11.6 Å². The predicted molar refractivity (Wildman–Crippen MR) is 57.8 cm³/mol. The molecular formula is C10H9ClF3NO3. The summed E-state index contributed by atoms with van der Waals surface area (Å²) in [7, 11) is 0. The van der Waals surface area contributed by atoms with Crippen LogP contribution in [0.1, 0.15) is 28.5 Å². The van der Waals surface area contributed by atoms with Gasteiger partial charge in [-0.15, -0.1) is 0 Å². The number of halogens is 4. The van der Waals surface area contributed by atoms with Crippen molar-refractivity contribution in [3.8, 4) is 0 Å². The van der Waals surface area contributed by atoms with Gasteiger partial charge in [-0.3, -0.25) is 4.79 Å². The monoisotopic (exact) mass is 283 g/mol. The van der Waals surface area contributed by atoms with Crippen LogP contribution in [0.25, 0.3) is 0 Å². The average molecular weight is 284 g/mol. The van der Waals surface area contributed by atoms with Crippen LogP contribution in [0.4, 0.5) is 13.2 Å². The minimum atomic E-state index is -4.75. The molecule has 0 bridgehead atoms. The normalized spacial score (nSPS) is 11.4. The second-order valence-electron chi connectivity index (χ2n) is 3.36. The van der Waals surface area contributed by atoms with E-state index in [9.17, 15) is 22.8 Å². The number of alkyl halides is 3. The Morgan fingerprint density at radius 3 is 2.44 bits per heavy atom. The highest BCUT2D eigenvalue weighted by molar-refractivity contribution is 6.34. The summed E-state index contributed by atoms with van der Waals surface area (Å²) in [6, 6.07) is 0. The lowest BCUT2D eigenvalue weighted by molar-refractivity contribution is -0.141. The first-order valence-electron chi connectivity index (χ1n) is 4.86. The Kier molecular flexibility index (Phi) is 4.05. The molecule has 8 heteroatoms. The predicted octanol–water partition coefficient (Wildman–Crippen LogP) is 2.53. The van der Waals surface area contributed by atoms with Crippen molar-refractivity contribution in [3.63, 3.8) is 0 Å². The molecule has 0 aliphatic heterocycles. The summed E-state index contributed by atoms with van der Waals surface area (Å²) in [4.78, 5) is 24.4. The lowest BCUT2D eigenvalue weighted by atomic mass is 10.1. The number of carbonyl (C=O) groups excluding carboxylic acids is 1. The maximum Gasteiger partial charge on any atom is 0.431 e. The number of hydrogen-bond acceptors (Lipinski definition) is 3. The molecule has 0 aliphatic rings. The number of esters is 1. The van der Waals surface area contributed by atoms with Crippen molar-refractivity contribution in [2.45, 2.75) is 20.0 Å². The van der Waals surface area contributed by atoms with Crippen molar-refractivity contribution in [2.75, 3.05) is 6.61 Å². The molecule has 0 fully saturated rings. The van der Waals surface area contributed by atoms with Crippen molar-refractivity contribution < 1.29 is 22.7 Å². The van der Waals surface area contributed by atoms with Crippen molar-refractivity contribution >= 4 is 17.6 Å². The van der Waals surface area contributed by atoms with E-state index in [1.165, 1.54) is 6.92 Å². The Labute approximate surface area is 105 Å². The van der Waals surface area contributed by atoms with Gasteiger partial charge in [-0.1, -0.05) is 11.6 Å². The van der Waals surface area contributed by atoms with Crippen LogP contribution in [0.5, 0.6) is 0 Å². The third-order valence-electron chi connectivity index (χ3n) is 2.15. The van der Waals surface area contributed by atoms with Crippen LogP contribution in [0.2, 0.25) is 5.02 Å². The van der Waals surface area contributed by atoms with E-state index in [1.54, 1.807) is 4.98 Å². The summed E-state index contributed by atoms with van der Waals surface area (Å²) in [5.41, 5.74) is -3.54. The number of rotatable bonds is 2. The zero-order valence-electron chi connectivity index (χ0n) is 9.44. The Morgan fingerprint density at radius 1 is 1.44 bits per heavy atom. The van der Waals surface area contributed by atoms with Crippen LogP contribution in [0.15, 0.2) is 4.79 Å². The number of H-pyrrole nitrogens is 1. The van der Waals surface area contributed by atoms with E-state index in [0.29, 0.717) is 0 Å². The van der Waals surface area contributed by atoms with Crippen LogP contribution >= 0.6 is 11.6 Å². The number of hydrogen-bond donors (Lipinski definition) is 1. The first kappa shape index (κ1) is 14.6. The van der Waals surface area contributed by atoms with E-state index in [4.69, 9.17) is 11.6 Å². The topological polar surface area (TPSA) is 59.2 Å². The molecule has 0 amide bonds. The van der Waals surface area contributed by atoms with Crippen molar-refractivity contribution in [3.05, 3.63) is 32.2 Å². The molecule has 0 unspecified atom stereocenters. The molecule has 1 heterocycles. The Morgan fingerprint density at radius 2 is 2.00 bits per heavy atom.